The van der Waals surface area contributed by atoms with Gasteiger partial charge in [-0.25, -0.2) is 8.42 Å². The zero-order valence-electron chi connectivity index (χ0n) is 10.4. The molecule has 0 aliphatic carbocycles. The Bertz CT molecular complexity index is 508. The molecule has 1 atom stereocenters. The summed E-state index contributed by atoms with van der Waals surface area (Å²) in [6, 6.07) is 5.67. The van der Waals surface area contributed by atoms with Crippen LogP contribution in [0.5, 0.6) is 0 Å². The van der Waals surface area contributed by atoms with E-state index in [4.69, 9.17) is 11.6 Å². The van der Waals surface area contributed by atoms with E-state index in [1.54, 1.807) is 6.07 Å². The molecular weight excluding hydrogens is 296 g/mol. The quantitative estimate of drug-likeness (QED) is 0.785. The van der Waals surface area contributed by atoms with Crippen LogP contribution in [0.2, 0.25) is 0 Å². The van der Waals surface area contributed by atoms with E-state index in [1.165, 1.54) is 18.2 Å². The molecule has 1 aromatic rings. The molecule has 0 spiro atoms. The molecule has 0 saturated heterocycles. The van der Waals surface area contributed by atoms with Gasteiger partial charge in [0.25, 0.3) is 0 Å². The second-order valence-electron chi connectivity index (χ2n) is 4.27. The van der Waals surface area contributed by atoms with Crippen LogP contribution in [0.4, 0.5) is 14.5 Å². The van der Waals surface area contributed by atoms with Crippen molar-refractivity contribution < 1.29 is 17.2 Å². The average molecular weight is 312 g/mol. The van der Waals surface area contributed by atoms with Crippen LogP contribution in [0.15, 0.2) is 29.2 Å². The van der Waals surface area contributed by atoms with Gasteiger partial charge in [-0.2, -0.15) is 8.78 Å². The Morgan fingerprint density at radius 1 is 1.32 bits per heavy atom. The predicted molar refractivity (Wildman–Crippen MR) is 72.6 cm³/mol. The molecule has 1 N–H and O–H groups in total. The number of alkyl halides is 3. The van der Waals surface area contributed by atoms with Gasteiger partial charge in [0.15, 0.2) is 0 Å². The predicted octanol–water partition coefficient (Wildman–Crippen LogP) is 3.36. The Kier molecular flexibility index (Phi) is 6.00. The van der Waals surface area contributed by atoms with Gasteiger partial charge in [-0.3, -0.25) is 0 Å². The van der Waals surface area contributed by atoms with Crippen LogP contribution < -0.4 is 5.32 Å². The molecule has 0 amide bonds. The highest BCUT2D eigenvalue weighted by Gasteiger charge is 2.28. The van der Waals surface area contributed by atoms with E-state index in [1.807, 2.05) is 6.92 Å². The van der Waals surface area contributed by atoms with E-state index in [-0.39, 0.29) is 16.5 Å². The van der Waals surface area contributed by atoms with Crippen LogP contribution in [-0.4, -0.2) is 26.6 Å². The molecule has 0 heterocycles. The van der Waals surface area contributed by atoms with Gasteiger partial charge in [0.05, 0.1) is 10.6 Å². The molecule has 1 rings (SSSR count). The van der Waals surface area contributed by atoms with Gasteiger partial charge in [0, 0.05) is 12.4 Å². The molecule has 1 unspecified atom stereocenters. The van der Waals surface area contributed by atoms with Gasteiger partial charge >= 0.3 is 5.76 Å². The summed E-state index contributed by atoms with van der Waals surface area (Å²) < 4.78 is 48.2. The fourth-order valence-corrected chi connectivity index (χ4v) is 2.81. The van der Waals surface area contributed by atoms with Crippen LogP contribution in [0.1, 0.15) is 13.3 Å². The van der Waals surface area contributed by atoms with Crippen molar-refractivity contribution in [2.24, 2.45) is 5.92 Å². The standard InChI is InChI=1S/C12H16ClF2NO2S/c1-9(6-7-13)8-16-10-4-2-3-5-11(10)19(17,18)12(14)15/h2-5,9,12,16H,6-8H2,1H3. The summed E-state index contributed by atoms with van der Waals surface area (Å²) in [5.74, 6) is -2.70. The first-order valence-electron chi connectivity index (χ1n) is 5.80. The van der Waals surface area contributed by atoms with Crippen molar-refractivity contribution in [2.75, 3.05) is 17.7 Å². The van der Waals surface area contributed by atoms with Crippen molar-refractivity contribution in [1.29, 1.82) is 0 Å². The van der Waals surface area contributed by atoms with Crippen LogP contribution >= 0.6 is 11.6 Å². The van der Waals surface area contributed by atoms with Gasteiger partial charge in [-0.15, -0.1) is 11.6 Å². The monoisotopic (exact) mass is 311 g/mol. The highest BCUT2D eigenvalue weighted by Crippen LogP contribution is 2.26. The van der Waals surface area contributed by atoms with Crippen LogP contribution in [-0.2, 0) is 9.84 Å². The Morgan fingerprint density at radius 3 is 2.53 bits per heavy atom. The topological polar surface area (TPSA) is 46.2 Å². The van der Waals surface area contributed by atoms with Gasteiger partial charge in [0.1, 0.15) is 0 Å². The van der Waals surface area contributed by atoms with E-state index in [9.17, 15) is 17.2 Å². The molecule has 0 radical (unpaired) electrons. The van der Waals surface area contributed by atoms with Crippen molar-refractivity contribution in [3.8, 4) is 0 Å². The lowest BCUT2D eigenvalue weighted by atomic mass is 10.1. The Morgan fingerprint density at radius 2 is 1.95 bits per heavy atom. The summed E-state index contributed by atoms with van der Waals surface area (Å²) in [6.45, 7) is 2.42. The van der Waals surface area contributed by atoms with Gasteiger partial charge in [-0.1, -0.05) is 19.1 Å². The number of nitrogens with one attached hydrogen (secondary N) is 1. The fourth-order valence-electron chi connectivity index (χ4n) is 1.53. The zero-order valence-corrected chi connectivity index (χ0v) is 12.0. The molecule has 0 saturated carbocycles. The van der Waals surface area contributed by atoms with Crippen molar-refractivity contribution in [3.05, 3.63) is 24.3 Å². The fraction of sp³-hybridized carbons (Fsp3) is 0.500. The molecular formula is C12H16ClF2NO2S. The summed E-state index contributed by atoms with van der Waals surface area (Å²) in [4.78, 5) is -0.372. The van der Waals surface area contributed by atoms with E-state index < -0.39 is 15.6 Å². The number of rotatable bonds is 7. The minimum atomic E-state index is -4.59. The Balaban J connectivity index is 2.91. The van der Waals surface area contributed by atoms with Gasteiger partial charge in [0.2, 0.25) is 9.84 Å². The minimum absolute atomic E-state index is 0.198. The summed E-state index contributed by atoms with van der Waals surface area (Å²) in [7, 11) is -4.59. The maximum Gasteiger partial charge on any atom is 0.341 e. The van der Waals surface area contributed by atoms with Crippen LogP contribution in [0.3, 0.4) is 0 Å². The highest BCUT2D eigenvalue weighted by molar-refractivity contribution is 7.91. The summed E-state index contributed by atoms with van der Waals surface area (Å²) in [6.07, 6.45) is 0.762. The molecule has 0 aliphatic heterocycles. The van der Waals surface area contributed by atoms with Crippen molar-refractivity contribution >= 4 is 27.1 Å². The third kappa shape index (κ3) is 4.31. The minimum Gasteiger partial charge on any atom is -0.384 e. The van der Waals surface area contributed by atoms with Crippen molar-refractivity contribution in [2.45, 2.75) is 24.0 Å². The first-order chi connectivity index (χ1) is 8.89. The lowest BCUT2D eigenvalue weighted by Gasteiger charge is -2.15. The first-order valence-corrected chi connectivity index (χ1v) is 7.88. The van der Waals surface area contributed by atoms with Crippen LogP contribution in [0.25, 0.3) is 0 Å². The largest absolute Gasteiger partial charge is 0.384 e. The molecule has 7 heteroatoms. The van der Waals surface area contributed by atoms with E-state index in [2.05, 4.69) is 5.32 Å². The second kappa shape index (κ2) is 7.05. The summed E-state index contributed by atoms with van der Waals surface area (Å²) >= 11 is 5.60. The van der Waals surface area contributed by atoms with E-state index in [0.29, 0.717) is 12.4 Å². The maximum absolute atomic E-state index is 12.6. The first kappa shape index (κ1) is 16.2. The second-order valence-corrected chi connectivity index (χ2v) is 6.53. The molecule has 0 bridgehead atoms. The third-order valence-electron chi connectivity index (χ3n) is 2.67. The number of halogens is 3. The molecule has 19 heavy (non-hydrogen) atoms. The van der Waals surface area contributed by atoms with E-state index >= 15 is 0 Å². The normalized spacial score (nSPS) is 13.5. The Labute approximate surface area is 116 Å². The number of para-hydroxylation sites is 1. The van der Waals surface area contributed by atoms with E-state index in [0.717, 1.165) is 6.42 Å². The number of benzene rings is 1. The Hall–Kier alpha value is -0.880. The molecule has 0 aliphatic rings. The molecule has 108 valence electrons. The third-order valence-corrected chi connectivity index (χ3v) is 4.33. The molecule has 0 fully saturated rings. The number of hydrogen-bond acceptors (Lipinski definition) is 3. The number of hydrogen-bond donors (Lipinski definition) is 1. The average Bonchev–Trinajstić information content (AvgIpc) is 2.37. The van der Waals surface area contributed by atoms with Crippen LogP contribution in [0, 0.1) is 5.92 Å². The van der Waals surface area contributed by atoms with Crippen molar-refractivity contribution in [3.63, 3.8) is 0 Å². The number of anilines is 1. The molecule has 0 aromatic heterocycles. The van der Waals surface area contributed by atoms with Crippen molar-refractivity contribution in [1.82, 2.24) is 0 Å². The van der Waals surface area contributed by atoms with Gasteiger partial charge < -0.3 is 5.32 Å². The lowest BCUT2D eigenvalue weighted by Crippen LogP contribution is -2.17. The summed E-state index contributed by atoms with van der Waals surface area (Å²) in [5.41, 5.74) is 0.198. The SMILES string of the molecule is CC(CCCl)CNc1ccccc1S(=O)(=O)C(F)F. The van der Waals surface area contributed by atoms with Gasteiger partial charge in [-0.05, 0) is 24.5 Å². The lowest BCUT2D eigenvalue weighted by molar-refractivity contribution is 0.235. The number of sulfone groups is 1. The zero-order chi connectivity index (χ0) is 14.5. The molecule has 1 aromatic carbocycles. The molecule has 3 nitrogen and oxygen atoms in total. The maximum atomic E-state index is 12.6. The highest BCUT2D eigenvalue weighted by atomic mass is 35.5. The summed E-state index contributed by atoms with van der Waals surface area (Å²) in [5, 5.41) is 2.89. The smallest absolute Gasteiger partial charge is 0.341 e.